The van der Waals surface area contributed by atoms with Crippen molar-refractivity contribution in [1.82, 2.24) is 0 Å². The summed E-state index contributed by atoms with van der Waals surface area (Å²) in [6.45, 7) is 0. The molecule has 12 heavy (non-hydrogen) atoms. The van der Waals surface area contributed by atoms with Gasteiger partial charge in [0.1, 0.15) is 0 Å². The van der Waals surface area contributed by atoms with Crippen LogP contribution in [0.5, 0.6) is 0 Å². The first-order valence-corrected chi connectivity index (χ1v) is 4.33. The predicted octanol–water partition coefficient (Wildman–Crippen LogP) is 1.79. The fraction of sp³-hybridized carbons (Fsp3) is 0.778. The maximum Gasteiger partial charge on any atom is 0.303 e. The monoisotopic (exact) mass is 167 g/mol. The minimum absolute atomic E-state index is 0.100. The second kappa shape index (κ2) is 4.10. The third kappa shape index (κ3) is 2.54. The average molecular weight is 167 g/mol. The van der Waals surface area contributed by atoms with Gasteiger partial charge >= 0.3 is 5.97 Å². The van der Waals surface area contributed by atoms with Crippen LogP contribution in [0.25, 0.3) is 0 Å². The largest absolute Gasteiger partial charge is 0.481 e. The van der Waals surface area contributed by atoms with Crippen molar-refractivity contribution in [2.24, 2.45) is 11.8 Å². The molecule has 0 aliphatic heterocycles. The van der Waals surface area contributed by atoms with Crippen LogP contribution in [0.2, 0.25) is 0 Å². The Morgan fingerprint density at radius 1 is 1.58 bits per heavy atom. The summed E-state index contributed by atoms with van der Waals surface area (Å²) in [6, 6.07) is 2.21. The average Bonchev–Trinajstić information content (AvgIpc) is 2.03. The number of nitriles is 1. The molecule has 3 nitrogen and oxygen atoms in total. The van der Waals surface area contributed by atoms with Gasteiger partial charge in [-0.05, 0) is 25.2 Å². The Kier molecular flexibility index (Phi) is 3.09. The molecule has 0 spiro atoms. The Morgan fingerprint density at radius 3 is 2.92 bits per heavy atom. The molecule has 0 heterocycles. The van der Waals surface area contributed by atoms with E-state index in [4.69, 9.17) is 10.4 Å². The second-order valence-corrected chi connectivity index (χ2v) is 3.46. The first-order chi connectivity index (χ1) is 5.72. The van der Waals surface area contributed by atoms with Crippen LogP contribution in [-0.2, 0) is 4.79 Å². The number of nitrogens with zero attached hydrogens (tertiary/aromatic N) is 1. The van der Waals surface area contributed by atoms with E-state index in [1.54, 1.807) is 0 Å². The van der Waals surface area contributed by atoms with Crippen molar-refractivity contribution in [2.75, 3.05) is 0 Å². The number of rotatable bonds is 2. The standard InChI is InChI=1S/C9H13NO2/c10-6-8-3-1-2-7(4-8)5-9(11)12/h7-8H,1-5H2,(H,11,12). The Bertz CT molecular complexity index is 207. The molecule has 1 aliphatic carbocycles. The van der Waals surface area contributed by atoms with Crippen LogP contribution in [0, 0.1) is 23.2 Å². The van der Waals surface area contributed by atoms with Gasteiger partial charge in [0, 0.05) is 12.3 Å². The molecule has 1 saturated carbocycles. The highest BCUT2D eigenvalue weighted by atomic mass is 16.4. The minimum atomic E-state index is -0.737. The summed E-state index contributed by atoms with van der Waals surface area (Å²) in [5.74, 6) is -0.400. The van der Waals surface area contributed by atoms with Gasteiger partial charge in [-0.1, -0.05) is 6.42 Å². The van der Waals surface area contributed by atoms with E-state index in [1.807, 2.05) is 0 Å². The Hall–Kier alpha value is -1.04. The van der Waals surface area contributed by atoms with Gasteiger partial charge in [0.25, 0.3) is 0 Å². The minimum Gasteiger partial charge on any atom is -0.481 e. The number of carboxylic acids is 1. The van der Waals surface area contributed by atoms with Gasteiger partial charge in [0.15, 0.2) is 0 Å². The van der Waals surface area contributed by atoms with Crippen molar-refractivity contribution < 1.29 is 9.90 Å². The predicted molar refractivity (Wildman–Crippen MR) is 43.3 cm³/mol. The van der Waals surface area contributed by atoms with E-state index in [0.717, 1.165) is 25.7 Å². The summed E-state index contributed by atoms with van der Waals surface area (Å²) >= 11 is 0. The molecule has 1 aliphatic rings. The van der Waals surface area contributed by atoms with Crippen LogP contribution in [0.15, 0.2) is 0 Å². The molecule has 0 radical (unpaired) electrons. The summed E-state index contributed by atoms with van der Waals surface area (Å²) in [7, 11) is 0. The molecule has 2 atom stereocenters. The zero-order valence-electron chi connectivity index (χ0n) is 6.99. The highest BCUT2D eigenvalue weighted by Gasteiger charge is 2.23. The van der Waals surface area contributed by atoms with Crippen molar-refractivity contribution in [1.29, 1.82) is 5.26 Å². The lowest BCUT2D eigenvalue weighted by Gasteiger charge is -2.23. The molecule has 66 valence electrons. The second-order valence-electron chi connectivity index (χ2n) is 3.46. The van der Waals surface area contributed by atoms with E-state index < -0.39 is 5.97 Å². The van der Waals surface area contributed by atoms with E-state index in [9.17, 15) is 4.79 Å². The van der Waals surface area contributed by atoms with E-state index >= 15 is 0 Å². The van der Waals surface area contributed by atoms with Gasteiger partial charge in [-0.15, -0.1) is 0 Å². The van der Waals surface area contributed by atoms with Gasteiger partial charge in [-0.3, -0.25) is 4.79 Å². The highest BCUT2D eigenvalue weighted by Crippen LogP contribution is 2.30. The molecular formula is C9H13NO2. The van der Waals surface area contributed by atoms with Crippen LogP contribution >= 0.6 is 0 Å². The van der Waals surface area contributed by atoms with Crippen LogP contribution in [-0.4, -0.2) is 11.1 Å². The van der Waals surface area contributed by atoms with Crippen molar-refractivity contribution in [3.05, 3.63) is 0 Å². The van der Waals surface area contributed by atoms with Crippen molar-refractivity contribution >= 4 is 5.97 Å². The normalized spacial score (nSPS) is 29.2. The lowest BCUT2D eigenvalue weighted by molar-refractivity contribution is -0.138. The molecule has 0 bridgehead atoms. The first kappa shape index (κ1) is 9.05. The van der Waals surface area contributed by atoms with Crippen molar-refractivity contribution in [2.45, 2.75) is 32.1 Å². The van der Waals surface area contributed by atoms with E-state index in [2.05, 4.69) is 6.07 Å². The van der Waals surface area contributed by atoms with Gasteiger partial charge in [-0.25, -0.2) is 0 Å². The van der Waals surface area contributed by atoms with E-state index in [-0.39, 0.29) is 18.3 Å². The molecule has 1 fully saturated rings. The Morgan fingerprint density at radius 2 is 2.33 bits per heavy atom. The number of carboxylic acid groups (broad SMARTS) is 1. The lowest BCUT2D eigenvalue weighted by atomic mass is 9.81. The van der Waals surface area contributed by atoms with Gasteiger partial charge in [0.05, 0.1) is 6.07 Å². The zero-order valence-corrected chi connectivity index (χ0v) is 6.99. The number of aliphatic carboxylic acids is 1. The zero-order chi connectivity index (χ0) is 8.97. The molecule has 3 heteroatoms. The number of hydrogen-bond acceptors (Lipinski definition) is 2. The fourth-order valence-electron chi connectivity index (χ4n) is 1.84. The summed E-state index contributed by atoms with van der Waals surface area (Å²) < 4.78 is 0. The van der Waals surface area contributed by atoms with Gasteiger partial charge in [-0.2, -0.15) is 5.26 Å². The molecule has 0 aromatic rings. The number of carbonyl (C=O) groups is 1. The smallest absolute Gasteiger partial charge is 0.303 e. The van der Waals surface area contributed by atoms with Crippen LogP contribution in [0.3, 0.4) is 0 Å². The maximum absolute atomic E-state index is 10.4. The fourth-order valence-corrected chi connectivity index (χ4v) is 1.84. The molecule has 0 amide bonds. The lowest BCUT2D eigenvalue weighted by Crippen LogP contribution is -2.17. The Balaban J connectivity index is 2.36. The molecule has 1 N–H and O–H groups in total. The summed E-state index contributed by atoms with van der Waals surface area (Å²) in [6.07, 6.45) is 3.95. The van der Waals surface area contributed by atoms with Crippen LogP contribution in [0.4, 0.5) is 0 Å². The highest BCUT2D eigenvalue weighted by molar-refractivity contribution is 5.67. The van der Waals surface area contributed by atoms with Crippen LogP contribution in [0.1, 0.15) is 32.1 Å². The maximum atomic E-state index is 10.4. The van der Waals surface area contributed by atoms with Crippen molar-refractivity contribution in [3.8, 4) is 6.07 Å². The molecular weight excluding hydrogens is 154 g/mol. The topological polar surface area (TPSA) is 61.1 Å². The van der Waals surface area contributed by atoms with Crippen LogP contribution < -0.4 is 0 Å². The van der Waals surface area contributed by atoms with Crippen molar-refractivity contribution in [3.63, 3.8) is 0 Å². The third-order valence-electron chi connectivity index (χ3n) is 2.43. The molecule has 2 unspecified atom stereocenters. The van der Waals surface area contributed by atoms with Gasteiger partial charge < -0.3 is 5.11 Å². The summed E-state index contributed by atoms with van der Waals surface area (Å²) in [5.41, 5.74) is 0. The summed E-state index contributed by atoms with van der Waals surface area (Å²) in [4.78, 5) is 10.4. The molecule has 1 rings (SSSR count). The first-order valence-electron chi connectivity index (χ1n) is 4.33. The van der Waals surface area contributed by atoms with Gasteiger partial charge in [0.2, 0.25) is 0 Å². The summed E-state index contributed by atoms with van der Waals surface area (Å²) in [5, 5.41) is 17.2. The Labute approximate surface area is 72.0 Å². The molecule has 0 aromatic carbocycles. The number of hydrogen-bond donors (Lipinski definition) is 1. The van der Waals surface area contributed by atoms with E-state index in [1.165, 1.54) is 0 Å². The molecule has 0 saturated heterocycles. The third-order valence-corrected chi connectivity index (χ3v) is 2.43. The molecule has 0 aromatic heterocycles. The SMILES string of the molecule is N#CC1CCCC(CC(=O)O)C1. The quantitative estimate of drug-likeness (QED) is 0.682. The van der Waals surface area contributed by atoms with E-state index in [0.29, 0.717) is 0 Å².